The summed E-state index contributed by atoms with van der Waals surface area (Å²) in [5.74, 6) is 0. The maximum absolute atomic E-state index is 0. The van der Waals surface area contributed by atoms with Gasteiger partial charge in [-0.2, -0.15) is 0 Å². The van der Waals surface area contributed by atoms with E-state index in [-0.39, 0.29) is 344 Å². The summed E-state index contributed by atoms with van der Waals surface area (Å²) in [7, 11) is 0. The van der Waals surface area contributed by atoms with E-state index in [2.05, 4.69) is 0 Å². The fraction of sp³-hybridized carbons (Fsp3) is 0. The van der Waals surface area contributed by atoms with Crippen LogP contribution in [0.4, 0.5) is 0 Å². The van der Waals surface area contributed by atoms with E-state index >= 15 is 0 Å². The average molecular weight is 1690 g/mol. The van der Waals surface area contributed by atoms with Gasteiger partial charge in [-0.15, -0.1) is 0 Å². The summed E-state index contributed by atoms with van der Waals surface area (Å²) in [6, 6.07) is 0. The number of rotatable bonds is 0. The molecule has 16 heteroatoms. The van der Waals surface area contributed by atoms with Gasteiger partial charge in [0, 0.05) is 0 Å². The molecule has 0 aliphatic carbocycles. The van der Waals surface area contributed by atoms with Crippen LogP contribution in [0, 0.1) is 0 Å². The van der Waals surface area contributed by atoms with Gasteiger partial charge in [-0.05, 0) is 0 Å². The Morgan fingerprint density at radius 1 is 0.250 bits per heavy atom. The van der Waals surface area contributed by atoms with E-state index in [1.54, 1.807) is 0 Å². The summed E-state index contributed by atoms with van der Waals surface area (Å²) >= 11 is 0. The van der Waals surface area contributed by atoms with Crippen LogP contribution in [0.2, 0.25) is 0 Å². The van der Waals surface area contributed by atoms with Crippen molar-refractivity contribution < 1.29 is 0 Å². The fourth-order valence-electron chi connectivity index (χ4n) is 0. The van der Waals surface area contributed by atoms with E-state index in [9.17, 15) is 0 Å². The summed E-state index contributed by atoms with van der Waals surface area (Å²) < 4.78 is 0. The van der Waals surface area contributed by atoms with Crippen molar-refractivity contribution in [2.24, 2.45) is 0 Å². The molecule has 0 aliphatic heterocycles. The predicted molar refractivity (Wildman–Crippen MR) is 92.1 cm³/mol. The summed E-state index contributed by atoms with van der Waals surface area (Å²) in [5.41, 5.74) is 0. The molecule has 0 bridgehead atoms. The van der Waals surface area contributed by atoms with Crippen molar-refractivity contribution in [1.82, 2.24) is 0 Å². The largest absolute Gasteiger partial charge is 3.00 e. The molecule has 0 atom stereocenters. The Kier molecular flexibility index (Phi) is 1230. The van der Waals surface area contributed by atoms with E-state index in [1.807, 2.05) is 0 Å². The Morgan fingerprint density at radius 3 is 0.250 bits per heavy atom. The topological polar surface area (TPSA) is 0 Å². The molecule has 0 nitrogen and oxygen atoms in total. The van der Waals surface area contributed by atoms with E-state index in [1.165, 1.54) is 0 Å². The maximum Gasteiger partial charge on any atom is 3.00 e. The molecule has 0 rings (SSSR count). The van der Waals surface area contributed by atoms with E-state index in [0.29, 0.717) is 0 Å². The molecule has 0 amide bonds. The van der Waals surface area contributed by atoms with Crippen LogP contribution in [0.3, 0.4) is 0 Å². The number of hydrogen-bond donors (Lipinski definition) is 0. The van der Waals surface area contributed by atoms with Gasteiger partial charge >= 0.3 is 219 Å². The quantitative estimate of drug-likeness (QED) is 0.213. The Hall–Kier alpha value is 11.2. The third-order valence-electron chi connectivity index (χ3n) is 0. The molecule has 0 saturated carbocycles. The molecule has 0 aliphatic rings. The smallest absolute Gasteiger partial charge is 3.00 e. The van der Waals surface area contributed by atoms with Crippen LogP contribution in [-0.4, -0.2) is 344 Å². The molecule has 0 aromatic heterocycles. The predicted octanol–water partition coefficient (Wildman–Crippen LogP) is -6.09. The van der Waals surface area contributed by atoms with Crippen molar-refractivity contribution in [1.29, 1.82) is 0 Å². The molecule has 0 N–H and O–H groups in total. The third-order valence-corrected chi connectivity index (χ3v) is 0. The van der Waals surface area contributed by atoms with Crippen molar-refractivity contribution in [2.45, 2.75) is 0 Å². The summed E-state index contributed by atoms with van der Waals surface area (Å²) in [6.45, 7) is 0. The van der Waals surface area contributed by atoms with Gasteiger partial charge in [-0.25, -0.2) is 0 Å². The van der Waals surface area contributed by atoms with Crippen LogP contribution in [0.5, 0.6) is 0 Å². The Morgan fingerprint density at radius 2 is 0.250 bits per heavy atom. The van der Waals surface area contributed by atoms with E-state index < -0.39 is 0 Å². The zero-order chi connectivity index (χ0) is 0. The van der Waals surface area contributed by atoms with Crippen LogP contribution >= 0.6 is 0 Å². The van der Waals surface area contributed by atoms with Crippen LogP contribution in [0.25, 0.3) is 0 Å². The van der Waals surface area contributed by atoms with Gasteiger partial charge in [0.15, 0.2) is 0 Å². The van der Waals surface area contributed by atoms with Crippen LogP contribution in [0.15, 0.2) is 0 Å². The van der Waals surface area contributed by atoms with Crippen molar-refractivity contribution in [2.75, 3.05) is 0 Å². The first-order valence-electron chi connectivity index (χ1n) is 0. The molecule has 0 spiro atoms. The monoisotopic (exact) mass is 1690 g/mol. The Bertz CT molecular complexity index is 30.1. The first-order chi connectivity index (χ1) is 0. The molecule has 0 aromatic carbocycles. The number of hydrogen-bond acceptors (Lipinski definition) is 0. The zero-order valence-corrected chi connectivity index (χ0v) is 52.1. The van der Waals surface area contributed by atoms with Crippen LogP contribution in [0.1, 0.15) is 0 Å². The van der Waals surface area contributed by atoms with Gasteiger partial charge < -0.3 is 126 Å². The normalized spacial score (nSPS) is 0. The van der Waals surface area contributed by atoms with Crippen molar-refractivity contribution in [3.63, 3.8) is 0 Å². The maximum atomic E-state index is 0. The van der Waals surface area contributed by atoms with Gasteiger partial charge in [0.25, 0.3) is 0 Å². The van der Waals surface area contributed by atoms with Crippen LogP contribution < -0.4 is 0 Å². The second kappa shape index (κ2) is 133. The Balaban J connectivity index is 0. The molecular formula is As7Ga3In3Tl3. The fourth-order valence-corrected chi connectivity index (χ4v) is 0. The van der Waals surface area contributed by atoms with Gasteiger partial charge in [-0.3, -0.25) is 0 Å². The van der Waals surface area contributed by atoms with Crippen molar-refractivity contribution >= 4 is 344 Å². The molecule has 62 valence electrons. The molecule has 0 aromatic rings. The summed E-state index contributed by atoms with van der Waals surface area (Å²) in [4.78, 5) is 0. The van der Waals surface area contributed by atoms with Crippen molar-refractivity contribution in [3.8, 4) is 0 Å². The second-order valence-corrected chi connectivity index (χ2v) is 0. The van der Waals surface area contributed by atoms with Crippen molar-refractivity contribution in [3.05, 3.63) is 0 Å². The molecule has 16 heavy (non-hydrogen) atoms. The first kappa shape index (κ1) is 149. The van der Waals surface area contributed by atoms with Gasteiger partial charge in [-0.1, -0.05) is 0 Å². The first-order valence-corrected chi connectivity index (χ1v) is 0. The zero-order valence-electron chi connectivity index (χ0n) is 8.33. The minimum absolute atomic E-state index is 0. The molecule has 0 saturated heterocycles. The van der Waals surface area contributed by atoms with Gasteiger partial charge in [0.2, 0.25) is 0 Å². The molecule has 0 heterocycles. The second-order valence-electron chi connectivity index (χ2n) is 0. The molecular weight excluding hydrogens is 1690 g/mol. The molecule has 0 fully saturated rings. The van der Waals surface area contributed by atoms with E-state index in [0.717, 1.165) is 0 Å². The molecule has 0 radical (unpaired) electrons. The minimum Gasteiger partial charge on any atom is -3.00 e. The van der Waals surface area contributed by atoms with Gasteiger partial charge in [0.05, 0.1) is 0 Å². The standard InChI is InChI=1S/7As.3Ga.3In.3Tl/q7*-3;6*+3;3*+1. The van der Waals surface area contributed by atoms with Crippen LogP contribution in [-0.2, 0) is 0 Å². The Labute approximate surface area is 335 Å². The van der Waals surface area contributed by atoms with E-state index in [4.69, 9.17) is 0 Å². The average Bonchev–Trinajstić information content (AvgIpc) is 0. The SMILES string of the molecule is [As-3].[As-3].[As-3].[As-3].[As-3].[As-3].[As-3].[Ga+3].[Ga+3].[Ga+3].[In+3].[In+3].[In+3].[Tl+].[Tl+].[Tl+]. The summed E-state index contributed by atoms with van der Waals surface area (Å²) in [6.07, 6.45) is 0. The summed E-state index contributed by atoms with van der Waals surface area (Å²) in [5, 5.41) is 0. The minimum atomic E-state index is 0. The molecule has 0 unspecified atom stereocenters. The van der Waals surface area contributed by atoms with Gasteiger partial charge in [0.1, 0.15) is 0 Å². The third kappa shape index (κ3) is 118.